The number of rotatable bonds is 8. The van der Waals surface area contributed by atoms with Crippen LogP contribution in [0.2, 0.25) is 0 Å². The van der Waals surface area contributed by atoms with Crippen LogP contribution in [0.1, 0.15) is 32.6 Å². The summed E-state index contributed by atoms with van der Waals surface area (Å²) in [7, 11) is -2.32. The van der Waals surface area contributed by atoms with Crippen LogP contribution in [0, 0.1) is 5.41 Å². The Morgan fingerprint density at radius 3 is 2.57 bits per heavy atom. The van der Waals surface area contributed by atoms with Crippen molar-refractivity contribution in [2.45, 2.75) is 37.5 Å². The third-order valence-electron chi connectivity index (χ3n) is 4.35. The number of benzene rings is 1. The van der Waals surface area contributed by atoms with E-state index in [2.05, 4.69) is 10.0 Å². The molecule has 128 valence electrons. The van der Waals surface area contributed by atoms with E-state index < -0.39 is 21.3 Å². The number of carbonyl (C=O) groups excluding carboxylic acids is 1. The number of carbonyl (C=O) groups is 1. The third-order valence-corrected chi connectivity index (χ3v) is 5.74. The molecule has 0 saturated heterocycles. The third kappa shape index (κ3) is 3.84. The van der Waals surface area contributed by atoms with Gasteiger partial charge in [-0.3, -0.25) is 4.79 Å². The van der Waals surface area contributed by atoms with Crippen molar-refractivity contribution in [3.8, 4) is 0 Å². The van der Waals surface area contributed by atoms with E-state index in [1.54, 1.807) is 25.3 Å². The summed E-state index contributed by atoms with van der Waals surface area (Å²) in [6.07, 6.45) is 2.88. The molecule has 2 N–H and O–H groups in total. The van der Waals surface area contributed by atoms with Crippen molar-refractivity contribution in [2.24, 2.45) is 5.41 Å². The molecule has 2 rings (SSSR count). The standard InChI is InChI=1S/C16H24N2O4S/c1-3-17-13-7-4-5-8-14(13)23(20,21)18-15(19)16(9-6-10-16)11-12-22-2/h4-5,7-8,17H,3,6,9-12H2,1-2H3,(H,18,19). The van der Waals surface area contributed by atoms with Gasteiger partial charge in [0.05, 0.1) is 11.1 Å². The number of nitrogens with one attached hydrogen (secondary N) is 2. The van der Waals surface area contributed by atoms with E-state index in [4.69, 9.17) is 4.74 Å². The molecule has 0 heterocycles. The lowest BCUT2D eigenvalue weighted by molar-refractivity contribution is -0.135. The van der Waals surface area contributed by atoms with Crippen LogP contribution >= 0.6 is 0 Å². The van der Waals surface area contributed by atoms with E-state index in [1.807, 2.05) is 6.92 Å². The lowest BCUT2D eigenvalue weighted by atomic mass is 9.66. The molecule has 0 bridgehead atoms. The fraction of sp³-hybridized carbons (Fsp3) is 0.562. The van der Waals surface area contributed by atoms with Crippen molar-refractivity contribution in [1.29, 1.82) is 0 Å². The molecule has 1 aliphatic rings. The number of hydrogen-bond acceptors (Lipinski definition) is 5. The Hall–Kier alpha value is -1.60. The molecular weight excluding hydrogens is 316 g/mol. The van der Waals surface area contributed by atoms with Gasteiger partial charge in [0.15, 0.2) is 0 Å². The zero-order valence-electron chi connectivity index (χ0n) is 13.6. The van der Waals surface area contributed by atoms with E-state index in [0.29, 0.717) is 38.1 Å². The molecule has 0 radical (unpaired) electrons. The fourth-order valence-corrected chi connectivity index (χ4v) is 4.07. The van der Waals surface area contributed by atoms with Gasteiger partial charge in [0, 0.05) is 20.3 Å². The monoisotopic (exact) mass is 340 g/mol. The fourth-order valence-electron chi connectivity index (χ4n) is 2.81. The smallest absolute Gasteiger partial charge is 0.266 e. The molecule has 0 aromatic heterocycles. The highest BCUT2D eigenvalue weighted by Gasteiger charge is 2.45. The van der Waals surface area contributed by atoms with Crippen LogP contribution in [0.15, 0.2) is 29.2 Å². The Morgan fingerprint density at radius 2 is 2.00 bits per heavy atom. The van der Waals surface area contributed by atoms with Gasteiger partial charge in [-0.2, -0.15) is 0 Å². The van der Waals surface area contributed by atoms with Crippen molar-refractivity contribution < 1.29 is 17.9 Å². The van der Waals surface area contributed by atoms with Crippen molar-refractivity contribution >= 4 is 21.6 Å². The molecule has 0 atom stereocenters. The van der Waals surface area contributed by atoms with Crippen LogP contribution in [0.4, 0.5) is 5.69 Å². The van der Waals surface area contributed by atoms with E-state index in [0.717, 1.165) is 6.42 Å². The minimum absolute atomic E-state index is 0.0939. The highest BCUT2D eigenvalue weighted by Crippen LogP contribution is 2.44. The first-order chi connectivity index (χ1) is 10.9. The Kier molecular flexibility index (Phi) is 5.64. The molecule has 7 heteroatoms. The van der Waals surface area contributed by atoms with Gasteiger partial charge < -0.3 is 10.1 Å². The molecule has 23 heavy (non-hydrogen) atoms. The Bertz CT molecular complexity index is 654. The highest BCUT2D eigenvalue weighted by atomic mass is 32.2. The lowest BCUT2D eigenvalue weighted by Gasteiger charge is -2.39. The molecule has 0 aliphatic heterocycles. The van der Waals surface area contributed by atoms with Crippen LogP contribution in [0.3, 0.4) is 0 Å². The summed E-state index contributed by atoms with van der Waals surface area (Å²) in [5.74, 6) is -0.424. The van der Waals surface area contributed by atoms with E-state index >= 15 is 0 Å². The van der Waals surface area contributed by atoms with Crippen LogP contribution < -0.4 is 10.0 Å². The van der Waals surface area contributed by atoms with Gasteiger partial charge in [0.25, 0.3) is 10.0 Å². The molecule has 0 spiro atoms. The quantitative estimate of drug-likeness (QED) is 0.757. The summed E-state index contributed by atoms with van der Waals surface area (Å²) in [6, 6.07) is 6.58. The number of methoxy groups -OCH3 is 1. The number of hydrogen-bond donors (Lipinski definition) is 2. The van der Waals surface area contributed by atoms with Crippen molar-refractivity contribution in [2.75, 3.05) is 25.6 Å². The normalized spacial score (nSPS) is 16.4. The Morgan fingerprint density at radius 1 is 1.30 bits per heavy atom. The van der Waals surface area contributed by atoms with Crippen molar-refractivity contribution in [3.05, 3.63) is 24.3 Å². The highest BCUT2D eigenvalue weighted by molar-refractivity contribution is 7.90. The average Bonchev–Trinajstić information content (AvgIpc) is 2.46. The van der Waals surface area contributed by atoms with Gasteiger partial charge in [0.1, 0.15) is 4.90 Å². The Balaban J connectivity index is 2.19. The molecule has 1 fully saturated rings. The van der Waals surface area contributed by atoms with Gasteiger partial charge >= 0.3 is 0 Å². The first-order valence-electron chi connectivity index (χ1n) is 7.84. The van der Waals surface area contributed by atoms with Gasteiger partial charge in [-0.1, -0.05) is 18.6 Å². The number of sulfonamides is 1. The summed E-state index contributed by atoms with van der Waals surface area (Å²) in [4.78, 5) is 12.6. The SMILES string of the molecule is CCNc1ccccc1S(=O)(=O)NC(=O)C1(CCOC)CCC1. The predicted octanol–water partition coefficient (Wildman–Crippen LogP) is 2.13. The van der Waals surface area contributed by atoms with Crippen LogP contribution in [0.5, 0.6) is 0 Å². The average molecular weight is 340 g/mol. The molecule has 1 saturated carbocycles. The summed E-state index contributed by atoms with van der Waals surface area (Å²) >= 11 is 0. The Labute approximate surface area is 137 Å². The van der Waals surface area contributed by atoms with Crippen molar-refractivity contribution in [1.82, 2.24) is 4.72 Å². The zero-order chi connectivity index (χ0) is 16.9. The van der Waals surface area contributed by atoms with Gasteiger partial charge in [-0.15, -0.1) is 0 Å². The molecule has 1 aromatic rings. The number of anilines is 1. The molecule has 1 aliphatic carbocycles. The maximum Gasteiger partial charge on any atom is 0.266 e. The maximum absolute atomic E-state index is 12.6. The summed E-state index contributed by atoms with van der Waals surface area (Å²) in [5.41, 5.74) is -0.120. The second-order valence-corrected chi connectivity index (χ2v) is 7.49. The maximum atomic E-state index is 12.6. The number of ether oxygens (including phenoxy) is 1. The van der Waals surface area contributed by atoms with Gasteiger partial charge in [-0.25, -0.2) is 13.1 Å². The topological polar surface area (TPSA) is 84.5 Å². The molecule has 0 unspecified atom stereocenters. The first-order valence-corrected chi connectivity index (χ1v) is 9.32. The zero-order valence-corrected chi connectivity index (χ0v) is 14.4. The largest absolute Gasteiger partial charge is 0.385 e. The lowest BCUT2D eigenvalue weighted by Crippen LogP contribution is -2.48. The van der Waals surface area contributed by atoms with Gasteiger partial charge in [0.2, 0.25) is 5.91 Å². The summed E-state index contributed by atoms with van der Waals surface area (Å²) < 4.78 is 32.5. The van der Waals surface area contributed by atoms with Crippen molar-refractivity contribution in [3.63, 3.8) is 0 Å². The molecule has 1 aromatic carbocycles. The number of para-hydroxylation sites is 1. The minimum Gasteiger partial charge on any atom is -0.385 e. The summed E-state index contributed by atoms with van der Waals surface area (Å²) in [5, 5.41) is 3.01. The first kappa shape index (κ1) is 17.7. The van der Waals surface area contributed by atoms with Crippen LogP contribution in [-0.2, 0) is 19.6 Å². The number of amides is 1. The molecular formula is C16H24N2O4S. The second kappa shape index (κ2) is 7.31. The predicted molar refractivity (Wildman–Crippen MR) is 88.7 cm³/mol. The summed E-state index contributed by atoms with van der Waals surface area (Å²) in [6.45, 7) is 2.93. The van der Waals surface area contributed by atoms with E-state index in [1.165, 1.54) is 6.07 Å². The molecule has 1 amide bonds. The molecule has 6 nitrogen and oxygen atoms in total. The van der Waals surface area contributed by atoms with Crippen LogP contribution in [0.25, 0.3) is 0 Å². The van der Waals surface area contributed by atoms with E-state index in [-0.39, 0.29) is 4.90 Å². The van der Waals surface area contributed by atoms with E-state index in [9.17, 15) is 13.2 Å². The minimum atomic E-state index is -3.90. The second-order valence-electron chi connectivity index (χ2n) is 5.84. The van der Waals surface area contributed by atoms with Crippen LogP contribution in [-0.4, -0.2) is 34.6 Å². The van der Waals surface area contributed by atoms with Gasteiger partial charge in [-0.05, 0) is 38.3 Å².